The van der Waals surface area contributed by atoms with Gasteiger partial charge in [0.25, 0.3) is 5.69 Å². The topological polar surface area (TPSA) is 90.1 Å². The minimum atomic E-state index is -4.47. The SMILES string of the molecule is Cc1ccc([N+](=O)[O-])cc1NC(=O)CSc1ncc(-c2ccccc2)n1CC(F)(F)F. The van der Waals surface area contributed by atoms with Gasteiger partial charge in [-0.15, -0.1) is 0 Å². The van der Waals surface area contributed by atoms with Crippen LogP contribution in [0, 0.1) is 17.0 Å². The van der Waals surface area contributed by atoms with Crippen molar-refractivity contribution in [2.24, 2.45) is 0 Å². The van der Waals surface area contributed by atoms with Crippen molar-refractivity contribution < 1.29 is 22.9 Å². The Morgan fingerprint density at radius 2 is 1.94 bits per heavy atom. The number of rotatable bonds is 7. The number of nitro groups is 1. The van der Waals surface area contributed by atoms with Gasteiger partial charge in [0.2, 0.25) is 5.91 Å². The Balaban J connectivity index is 1.77. The normalized spacial score (nSPS) is 11.4. The molecule has 2 aromatic carbocycles. The zero-order valence-corrected chi connectivity index (χ0v) is 17.0. The summed E-state index contributed by atoms with van der Waals surface area (Å²) in [7, 11) is 0. The van der Waals surface area contributed by atoms with E-state index < -0.39 is 23.6 Å². The predicted octanol–water partition coefficient (Wildman–Crippen LogP) is 5.06. The van der Waals surface area contributed by atoms with Crippen molar-refractivity contribution in [3.05, 3.63) is 70.4 Å². The van der Waals surface area contributed by atoms with Crippen molar-refractivity contribution in [3.8, 4) is 11.3 Å². The average molecular weight is 450 g/mol. The quantitative estimate of drug-likeness (QED) is 0.309. The first kappa shape index (κ1) is 22.3. The van der Waals surface area contributed by atoms with Crippen LogP contribution in [-0.4, -0.2) is 32.3 Å². The molecule has 0 unspecified atom stereocenters. The van der Waals surface area contributed by atoms with E-state index in [1.165, 1.54) is 24.4 Å². The third-order valence-electron chi connectivity index (χ3n) is 4.26. The van der Waals surface area contributed by atoms with Gasteiger partial charge in [0, 0.05) is 12.1 Å². The maximum atomic E-state index is 13.1. The molecule has 1 aromatic heterocycles. The number of carbonyl (C=O) groups is 1. The zero-order chi connectivity index (χ0) is 22.6. The van der Waals surface area contributed by atoms with Crippen molar-refractivity contribution in [2.75, 3.05) is 11.1 Å². The van der Waals surface area contributed by atoms with Crippen LogP contribution in [-0.2, 0) is 11.3 Å². The number of halogens is 3. The summed E-state index contributed by atoms with van der Waals surface area (Å²) in [5, 5.41) is 13.5. The fraction of sp³-hybridized carbons (Fsp3) is 0.200. The summed E-state index contributed by atoms with van der Waals surface area (Å²) in [6.45, 7) is 0.430. The van der Waals surface area contributed by atoms with E-state index in [4.69, 9.17) is 0 Å². The monoisotopic (exact) mass is 450 g/mol. The van der Waals surface area contributed by atoms with Crippen molar-refractivity contribution in [1.82, 2.24) is 9.55 Å². The first-order valence-corrected chi connectivity index (χ1v) is 9.98. The Labute approximate surface area is 179 Å². The molecule has 3 rings (SSSR count). The highest BCUT2D eigenvalue weighted by molar-refractivity contribution is 7.99. The molecular weight excluding hydrogens is 433 g/mol. The standard InChI is InChI=1S/C20H17F3N4O3S/c1-13-7-8-15(27(29)30)9-16(13)25-18(28)11-31-19-24-10-17(14-5-3-2-4-6-14)26(19)12-20(21,22)23/h2-10H,11-12H2,1H3,(H,25,28). The highest BCUT2D eigenvalue weighted by Gasteiger charge is 2.31. The molecule has 0 aliphatic rings. The number of nitrogens with zero attached hydrogens (tertiary/aromatic N) is 3. The van der Waals surface area contributed by atoms with Crippen molar-refractivity contribution in [3.63, 3.8) is 0 Å². The number of nitro benzene ring substituents is 1. The second-order valence-corrected chi connectivity index (χ2v) is 7.53. The van der Waals surface area contributed by atoms with Gasteiger partial charge in [-0.05, 0) is 18.1 Å². The second-order valence-electron chi connectivity index (χ2n) is 6.59. The number of aromatic nitrogens is 2. The molecule has 3 aromatic rings. The van der Waals surface area contributed by atoms with Gasteiger partial charge in [-0.2, -0.15) is 13.2 Å². The van der Waals surface area contributed by atoms with Crippen LogP contribution in [0.4, 0.5) is 24.5 Å². The number of thioether (sulfide) groups is 1. The number of anilines is 1. The Hall–Kier alpha value is -3.34. The summed E-state index contributed by atoms with van der Waals surface area (Å²) in [6, 6.07) is 12.6. The minimum Gasteiger partial charge on any atom is -0.325 e. The average Bonchev–Trinajstić information content (AvgIpc) is 3.09. The van der Waals surface area contributed by atoms with Crippen LogP contribution in [0.25, 0.3) is 11.3 Å². The molecule has 31 heavy (non-hydrogen) atoms. The van der Waals surface area contributed by atoms with E-state index in [1.807, 2.05) is 0 Å². The molecule has 0 aliphatic heterocycles. The van der Waals surface area contributed by atoms with Crippen LogP contribution >= 0.6 is 11.8 Å². The molecule has 0 bridgehead atoms. The van der Waals surface area contributed by atoms with Crippen molar-refractivity contribution in [1.29, 1.82) is 0 Å². The number of alkyl halides is 3. The smallest absolute Gasteiger partial charge is 0.325 e. The van der Waals surface area contributed by atoms with E-state index in [0.717, 1.165) is 16.3 Å². The Bertz CT molecular complexity index is 1100. The van der Waals surface area contributed by atoms with Crippen LogP contribution in [0.15, 0.2) is 59.9 Å². The van der Waals surface area contributed by atoms with Gasteiger partial charge in [0.05, 0.1) is 28.3 Å². The second kappa shape index (κ2) is 9.21. The van der Waals surface area contributed by atoms with Gasteiger partial charge in [-0.25, -0.2) is 4.98 Å². The number of carbonyl (C=O) groups excluding carboxylic acids is 1. The maximum Gasteiger partial charge on any atom is 0.406 e. The summed E-state index contributed by atoms with van der Waals surface area (Å²) in [5.74, 6) is -0.734. The molecule has 1 heterocycles. The Kier molecular flexibility index (Phi) is 6.64. The van der Waals surface area contributed by atoms with E-state index in [9.17, 15) is 28.1 Å². The van der Waals surface area contributed by atoms with Gasteiger partial charge in [-0.1, -0.05) is 48.2 Å². The minimum absolute atomic E-state index is 0.0436. The van der Waals surface area contributed by atoms with Crippen LogP contribution in [0.3, 0.4) is 0 Å². The predicted molar refractivity (Wildman–Crippen MR) is 111 cm³/mol. The molecule has 0 spiro atoms. The van der Waals surface area contributed by atoms with Gasteiger partial charge in [-0.3, -0.25) is 14.9 Å². The first-order valence-electron chi connectivity index (χ1n) is 8.99. The van der Waals surface area contributed by atoms with Crippen molar-refractivity contribution in [2.45, 2.75) is 24.8 Å². The van der Waals surface area contributed by atoms with Gasteiger partial charge in [0.1, 0.15) is 6.54 Å². The number of non-ortho nitro benzene ring substituents is 1. The summed E-state index contributed by atoms with van der Waals surface area (Å²) in [5.41, 5.74) is 1.57. The van der Waals surface area contributed by atoms with Crippen molar-refractivity contribution >= 4 is 29.0 Å². The molecule has 11 heteroatoms. The van der Waals surface area contributed by atoms with Gasteiger partial charge < -0.3 is 9.88 Å². The summed E-state index contributed by atoms with van der Waals surface area (Å²) in [6.07, 6.45) is -3.13. The van der Waals surface area contributed by atoms with Gasteiger partial charge >= 0.3 is 6.18 Å². The Morgan fingerprint density at radius 3 is 2.58 bits per heavy atom. The maximum absolute atomic E-state index is 13.1. The molecule has 1 N–H and O–H groups in total. The lowest BCUT2D eigenvalue weighted by Gasteiger charge is -2.14. The summed E-state index contributed by atoms with van der Waals surface area (Å²) in [4.78, 5) is 26.7. The Morgan fingerprint density at radius 1 is 1.23 bits per heavy atom. The van der Waals surface area contributed by atoms with Gasteiger partial charge in [0.15, 0.2) is 5.16 Å². The van der Waals surface area contributed by atoms with Crippen LogP contribution in [0.1, 0.15) is 5.56 Å². The molecule has 0 atom stereocenters. The number of nitrogens with one attached hydrogen (secondary N) is 1. The lowest BCUT2D eigenvalue weighted by atomic mass is 10.2. The highest BCUT2D eigenvalue weighted by Crippen LogP contribution is 2.30. The molecule has 0 saturated heterocycles. The van der Waals surface area contributed by atoms with Crippen LogP contribution in [0.2, 0.25) is 0 Å². The van der Waals surface area contributed by atoms with Crippen LogP contribution in [0.5, 0.6) is 0 Å². The summed E-state index contributed by atoms with van der Waals surface area (Å²) < 4.78 is 40.4. The lowest BCUT2D eigenvalue weighted by Crippen LogP contribution is -2.20. The number of hydrogen-bond acceptors (Lipinski definition) is 5. The fourth-order valence-corrected chi connectivity index (χ4v) is 3.60. The van der Waals surface area contributed by atoms with E-state index in [-0.39, 0.29) is 28.0 Å². The van der Waals surface area contributed by atoms with E-state index in [0.29, 0.717) is 11.1 Å². The third-order valence-corrected chi connectivity index (χ3v) is 5.25. The molecule has 162 valence electrons. The number of benzene rings is 2. The molecule has 0 saturated carbocycles. The highest BCUT2D eigenvalue weighted by atomic mass is 32.2. The summed E-state index contributed by atoms with van der Waals surface area (Å²) >= 11 is 0.853. The van der Waals surface area contributed by atoms with E-state index in [2.05, 4.69) is 10.3 Å². The molecule has 0 fully saturated rings. The molecule has 0 radical (unpaired) electrons. The third kappa shape index (κ3) is 5.85. The van der Waals surface area contributed by atoms with E-state index in [1.54, 1.807) is 37.3 Å². The van der Waals surface area contributed by atoms with E-state index >= 15 is 0 Å². The molecule has 7 nitrogen and oxygen atoms in total. The number of amides is 1. The lowest BCUT2D eigenvalue weighted by molar-refractivity contribution is -0.384. The number of aryl methyl sites for hydroxylation is 1. The molecule has 1 amide bonds. The molecular formula is C20H17F3N4O3S. The molecule has 0 aliphatic carbocycles. The first-order chi connectivity index (χ1) is 14.6. The largest absolute Gasteiger partial charge is 0.406 e. The number of hydrogen-bond donors (Lipinski definition) is 1. The number of imidazole rings is 1. The van der Waals surface area contributed by atoms with Crippen LogP contribution < -0.4 is 5.32 Å². The zero-order valence-electron chi connectivity index (χ0n) is 16.2. The fourth-order valence-electron chi connectivity index (χ4n) is 2.82.